The summed E-state index contributed by atoms with van der Waals surface area (Å²) in [4.78, 5) is 51.7. The van der Waals surface area contributed by atoms with Crippen molar-refractivity contribution in [3.63, 3.8) is 0 Å². The van der Waals surface area contributed by atoms with Gasteiger partial charge in [0.05, 0.1) is 13.0 Å². The summed E-state index contributed by atoms with van der Waals surface area (Å²) in [7, 11) is 0. The Morgan fingerprint density at radius 3 is 2.44 bits per heavy atom. The number of phenolic OH excluding ortho intramolecular Hbond substituents is 1. The molecule has 0 aliphatic heterocycles. The zero-order valence-electron chi connectivity index (χ0n) is 20.3. The van der Waals surface area contributed by atoms with Gasteiger partial charge in [-0.05, 0) is 64.7 Å². The molecule has 0 bridgehead atoms. The highest BCUT2D eigenvalue weighted by Gasteiger charge is 2.39. The first kappa shape index (κ1) is 26.9. The number of benzene rings is 1. The molecule has 1 fully saturated rings. The molecule has 0 heterocycles. The highest BCUT2D eigenvalue weighted by Crippen LogP contribution is 2.34. The number of phenols is 1. The molecule has 0 spiro atoms. The van der Waals surface area contributed by atoms with E-state index in [1.54, 1.807) is 39.8 Å². The van der Waals surface area contributed by atoms with Gasteiger partial charge in [0.15, 0.2) is 0 Å². The molecule has 188 valence electrons. The number of amides is 3. The van der Waals surface area contributed by atoms with E-state index < -0.39 is 35.5 Å². The minimum absolute atomic E-state index is 0.0100. The second kappa shape index (κ2) is 12.2. The predicted molar refractivity (Wildman–Crippen MR) is 124 cm³/mol. The number of esters is 1. The largest absolute Gasteiger partial charge is 0.508 e. The molecular weight excluding hydrogens is 442 g/mol. The SMILES string of the molecule is CCOC(=O)CCNC(=O)C(c1cccc(O)c1)N(C(=O)CNC(=O)OC(C)(C)C)C1CCC1. The molecule has 1 saturated carbocycles. The van der Waals surface area contributed by atoms with Crippen molar-refractivity contribution in [2.24, 2.45) is 0 Å². The summed E-state index contributed by atoms with van der Waals surface area (Å²) in [5.74, 6) is -1.43. The average molecular weight is 478 g/mol. The van der Waals surface area contributed by atoms with Crippen molar-refractivity contribution in [1.29, 1.82) is 0 Å². The third-order valence-corrected chi connectivity index (χ3v) is 5.19. The van der Waals surface area contributed by atoms with Crippen molar-refractivity contribution < 1.29 is 33.8 Å². The monoisotopic (exact) mass is 477 g/mol. The Hall–Kier alpha value is -3.30. The minimum Gasteiger partial charge on any atom is -0.508 e. The van der Waals surface area contributed by atoms with Crippen LogP contribution in [0.5, 0.6) is 5.75 Å². The maximum Gasteiger partial charge on any atom is 0.408 e. The summed E-state index contributed by atoms with van der Waals surface area (Å²) in [5, 5.41) is 15.1. The molecule has 3 amide bonds. The van der Waals surface area contributed by atoms with Gasteiger partial charge in [0, 0.05) is 12.6 Å². The molecule has 34 heavy (non-hydrogen) atoms. The van der Waals surface area contributed by atoms with Gasteiger partial charge in [-0.2, -0.15) is 0 Å². The van der Waals surface area contributed by atoms with E-state index >= 15 is 0 Å². The molecule has 1 unspecified atom stereocenters. The Kier molecular flexibility index (Phi) is 9.70. The number of carbonyl (C=O) groups is 4. The molecule has 0 aromatic heterocycles. The number of aromatic hydroxyl groups is 1. The van der Waals surface area contributed by atoms with Crippen molar-refractivity contribution in [1.82, 2.24) is 15.5 Å². The number of nitrogens with one attached hydrogen (secondary N) is 2. The number of nitrogens with zero attached hydrogens (tertiary/aromatic N) is 1. The van der Waals surface area contributed by atoms with Crippen LogP contribution >= 0.6 is 0 Å². The van der Waals surface area contributed by atoms with Gasteiger partial charge in [0.1, 0.15) is 23.9 Å². The lowest BCUT2D eigenvalue weighted by molar-refractivity contribution is -0.146. The van der Waals surface area contributed by atoms with E-state index in [4.69, 9.17) is 9.47 Å². The molecular formula is C24H35N3O7. The van der Waals surface area contributed by atoms with Crippen LogP contribution in [0.2, 0.25) is 0 Å². The third-order valence-electron chi connectivity index (χ3n) is 5.19. The van der Waals surface area contributed by atoms with E-state index in [1.165, 1.54) is 17.0 Å². The first-order valence-electron chi connectivity index (χ1n) is 11.5. The summed E-state index contributed by atoms with van der Waals surface area (Å²) in [5.41, 5.74) is -0.296. The van der Waals surface area contributed by atoms with Crippen molar-refractivity contribution in [3.05, 3.63) is 29.8 Å². The van der Waals surface area contributed by atoms with Crippen molar-refractivity contribution in [2.45, 2.75) is 71.1 Å². The Morgan fingerprint density at radius 1 is 1.18 bits per heavy atom. The fourth-order valence-corrected chi connectivity index (χ4v) is 3.53. The zero-order valence-corrected chi connectivity index (χ0v) is 20.3. The van der Waals surface area contributed by atoms with Crippen LogP contribution in [0.1, 0.15) is 65.0 Å². The highest BCUT2D eigenvalue weighted by molar-refractivity contribution is 5.91. The maximum absolute atomic E-state index is 13.3. The fraction of sp³-hybridized carbons (Fsp3) is 0.583. The lowest BCUT2D eigenvalue weighted by atomic mass is 9.88. The number of alkyl carbamates (subject to hydrolysis) is 1. The predicted octanol–water partition coefficient (Wildman–Crippen LogP) is 2.41. The quantitative estimate of drug-likeness (QED) is 0.441. The molecule has 10 heteroatoms. The normalized spacial score (nSPS) is 14.4. The van der Waals surface area contributed by atoms with Gasteiger partial charge in [-0.1, -0.05) is 12.1 Å². The second-order valence-electron chi connectivity index (χ2n) is 9.08. The summed E-state index contributed by atoms with van der Waals surface area (Å²) in [6.45, 7) is 6.77. The Labute approximate surface area is 200 Å². The average Bonchev–Trinajstić information content (AvgIpc) is 2.69. The topological polar surface area (TPSA) is 134 Å². The van der Waals surface area contributed by atoms with E-state index in [-0.39, 0.29) is 37.9 Å². The van der Waals surface area contributed by atoms with E-state index in [0.29, 0.717) is 18.4 Å². The molecule has 0 saturated heterocycles. The summed E-state index contributed by atoms with van der Waals surface area (Å²) in [6.07, 6.45) is 1.59. The number of carbonyl (C=O) groups excluding carboxylic acids is 4. The summed E-state index contributed by atoms with van der Waals surface area (Å²) >= 11 is 0. The Morgan fingerprint density at radius 2 is 1.88 bits per heavy atom. The van der Waals surface area contributed by atoms with Crippen LogP contribution in [0.15, 0.2) is 24.3 Å². The van der Waals surface area contributed by atoms with E-state index in [0.717, 1.165) is 6.42 Å². The van der Waals surface area contributed by atoms with Gasteiger partial charge in [-0.3, -0.25) is 14.4 Å². The van der Waals surface area contributed by atoms with Crippen LogP contribution in [0, 0.1) is 0 Å². The maximum atomic E-state index is 13.3. The molecule has 1 aromatic rings. The van der Waals surface area contributed by atoms with Gasteiger partial charge in [0.25, 0.3) is 0 Å². The highest BCUT2D eigenvalue weighted by atomic mass is 16.6. The summed E-state index contributed by atoms with van der Waals surface area (Å²) < 4.78 is 10.1. The first-order valence-corrected chi connectivity index (χ1v) is 11.5. The van der Waals surface area contributed by atoms with Gasteiger partial charge in [-0.15, -0.1) is 0 Å². The number of rotatable bonds is 10. The molecule has 3 N–H and O–H groups in total. The minimum atomic E-state index is -1.05. The van der Waals surface area contributed by atoms with Crippen molar-refractivity contribution in [2.75, 3.05) is 19.7 Å². The number of hydrogen-bond donors (Lipinski definition) is 3. The van der Waals surface area contributed by atoms with Crippen LogP contribution in [-0.4, -0.2) is 65.2 Å². The molecule has 2 rings (SSSR count). The lowest BCUT2D eigenvalue weighted by Gasteiger charge is -2.42. The number of hydrogen-bond acceptors (Lipinski definition) is 7. The molecule has 1 aliphatic carbocycles. The Balaban J connectivity index is 2.22. The van der Waals surface area contributed by atoms with Crippen LogP contribution in [0.4, 0.5) is 4.79 Å². The molecule has 1 aliphatic rings. The van der Waals surface area contributed by atoms with Gasteiger partial charge >= 0.3 is 12.1 Å². The van der Waals surface area contributed by atoms with E-state index in [1.807, 2.05) is 0 Å². The summed E-state index contributed by atoms with van der Waals surface area (Å²) in [6, 6.07) is 4.89. The zero-order chi connectivity index (χ0) is 25.3. The first-order chi connectivity index (χ1) is 16.0. The molecule has 1 aromatic carbocycles. The van der Waals surface area contributed by atoms with Gasteiger partial charge < -0.3 is 30.1 Å². The third kappa shape index (κ3) is 8.24. The van der Waals surface area contributed by atoms with Crippen LogP contribution in [0.3, 0.4) is 0 Å². The van der Waals surface area contributed by atoms with Crippen molar-refractivity contribution in [3.8, 4) is 5.75 Å². The van der Waals surface area contributed by atoms with Crippen LogP contribution < -0.4 is 10.6 Å². The molecule has 1 atom stereocenters. The lowest BCUT2D eigenvalue weighted by Crippen LogP contribution is -2.54. The van der Waals surface area contributed by atoms with Crippen LogP contribution in [-0.2, 0) is 23.9 Å². The number of ether oxygens (including phenoxy) is 2. The van der Waals surface area contributed by atoms with Gasteiger partial charge in [0.2, 0.25) is 11.8 Å². The molecule has 0 radical (unpaired) electrons. The Bertz CT molecular complexity index is 878. The van der Waals surface area contributed by atoms with E-state index in [2.05, 4.69) is 10.6 Å². The second-order valence-corrected chi connectivity index (χ2v) is 9.08. The molecule has 10 nitrogen and oxygen atoms in total. The fourth-order valence-electron chi connectivity index (χ4n) is 3.53. The smallest absolute Gasteiger partial charge is 0.408 e. The van der Waals surface area contributed by atoms with Crippen LogP contribution in [0.25, 0.3) is 0 Å². The standard InChI is InChI=1S/C24H35N3O7/c1-5-33-20(30)12-13-25-22(31)21(16-8-6-11-18(28)14-16)27(17-9-7-10-17)19(29)15-26-23(32)34-24(2,3)4/h6,8,11,14,17,21,28H,5,7,9-10,12-13,15H2,1-4H3,(H,25,31)(H,26,32). The van der Waals surface area contributed by atoms with E-state index in [9.17, 15) is 24.3 Å². The van der Waals surface area contributed by atoms with Crippen molar-refractivity contribution >= 4 is 23.9 Å². The van der Waals surface area contributed by atoms with Gasteiger partial charge in [-0.25, -0.2) is 4.79 Å².